The van der Waals surface area contributed by atoms with E-state index in [1.807, 2.05) is 44.2 Å². The summed E-state index contributed by atoms with van der Waals surface area (Å²) in [5.74, 6) is 0.485. The number of likely N-dealkylation sites (tertiary alicyclic amines) is 1. The van der Waals surface area contributed by atoms with Gasteiger partial charge in [0.25, 0.3) is 0 Å². The predicted octanol–water partition coefficient (Wildman–Crippen LogP) is 3.01. The van der Waals surface area contributed by atoms with E-state index in [4.69, 9.17) is 4.74 Å². The molecule has 1 aliphatic rings. The minimum absolute atomic E-state index is 0.0421. The van der Waals surface area contributed by atoms with Gasteiger partial charge in [-0.1, -0.05) is 44.2 Å². The summed E-state index contributed by atoms with van der Waals surface area (Å²) in [7, 11) is 0. The molecule has 2 rings (SSSR count). The van der Waals surface area contributed by atoms with E-state index < -0.39 is 0 Å². The Bertz CT molecular complexity index is 470. The van der Waals surface area contributed by atoms with Gasteiger partial charge in [0.1, 0.15) is 12.4 Å². The third-order valence-corrected chi connectivity index (χ3v) is 3.68. The number of Topliss-reactive ketones (excluding diaryl/α,β-unsaturated/α-hetero) is 1. The Morgan fingerprint density at radius 1 is 1.35 bits per heavy atom. The van der Waals surface area contributed by atoms with Crippen LogP contribution in [0.15, 0.2) is 30.3 Å². The van der Waals surface area contributed by atoms with Crippen molar-refractivity contribution < 1.29 is 14.3 Å². The standard InChI is InChI=1S/C16H21NO3/c1-12(2)15-10-14(18)8-9-17(15)16(19)20-11-13-6-4-3-5-7-13/h3-7,12,15H,8-11H2,1-2H3/t15-/m1/s1. The molecule has 4 nitrogen and oxygen atoms in total. The van der Waals surface area contributed by atoms with E-state index in [0.717, 1.165) is 5.56 Å². The highest BCUT2D eigenvalue weighted by atomic mass is 16.6. The molecule has 0 bridgehead atoms. The van der Waals surface area contributed by atoms with Crippen molar-refractivity contribution in [3.05, 3.63) is 35.9 Å². The van der Waals surface area contributed by atoms with Crippen molar-refractivity contribution in [2.75, 3.05) is 6.54 Å². The van der Waals surface area contributed by atoms with Gasteiger partial charge in [-0.3, -0.25) is 4.79 Å². The fourth-order valence-electron chi connectivity index (χ4n) is 2.48. The second-order valence-electron chi connectivity index (χ2n) is 5.54. The van der Waals surface area contributed by atoms with Crippen LogP contribution >= 0.6 is 0 Å². The van der Waals surface area contributed by atoms with Gasteiger partial charge >= 0.3 is 6.09 Å². The van der Waals surface area contributed by atoms with Gasteiger partial charge in [0.05, 0.1) is 0 Å². The van der Waals surface area contributed by atoms with E-state index in [-0.39, 0.29) is 30.4 Å². The van der Waals surface area contributed by atoms with Crippen molar-refractivity contribution in [3.63, 3.8) is 0 Å². The number of nitrogens with zero attached hydrogens (tertiary/aromatic N) is 1. The molecule has 1 aromatic carbocycles. The van der Waals surface area contributed by atoms with E-state index in [0.29, 0.717) is 19.4 Å². The Morgan fingerprint density at radius 2 is 2.05 bits per heavy atom. The molecule has 0 radical (unpaired) electrons. The van der Waals surface area contributed by atoms with Crippen molar-refractivity contribution in [1.82, 2.24) is 4.90 Å². The van der Waals surface area contributed by atoms with Crippen LogP contribution in [0.1, 0.15) is 32.3 Å². The zero-order valence-corrected chi connectivity index (χ0v) is 12.0. The van der Waals surface area contributed by atoms with Gasteiger partial charge in [0.15, 0.2) is 0 Å². The summed E-state index contributed by atoms with van der Waals surface area (Å²) in [5.41, 5.74) is 0.968. The zero-order chi connectivity index (χ0) is 14.5. The first-order chi connectivity index (χ1) is 9.58. The van der Waals surface area contributed by atoms with Crippen LogP contribution in [0.4, 0.5) is 4.79 Å². The number of carbonyl (C=O) groups is 2. The van der Waals surface area contributed by atoms with Crippen LogP contribution in [0.25, 0.3) is 0 Å². The van der Waals surface area contributed by atoms with Crippen molar-refractivity contribution in [2.45, 2.75) is 39.3 Å². The van der Waals surface area contributed by atoms with Crippen LogP contribution in [0.3, 0.4) is 0 Å². The highest BCUT2D eigenvalue weighted by Crippen LogP contribution is 2.22. The van der Waals surface area contributed by atoms with Gasteiger partial charge in [0, 0.05) is 25.4 Å². The summed E-state index contributed by atoms with van der Waals surface area (Å²) in [6, 6.07) is 9.56. The molecule has 0 spiro atoms. The van der Waals surface area contributed by atoms with Gasteiger partial charge in [-0.25, -0.2) is 4.79 Å². The number of ketones is 1. The first kappa shape index (κ1) is 14.6. The fourth-order valence-corrected chi connectivity index (χ4v) is 2.48. The molecule has 20 heavy (non-hydrogen) atoms. The topological polar surface area (TPSA) is 46.6 Å². The number of carbonyl (C=O) groups excluding carboxylic acids is 2. The molecule has 1 saturated heterocycles. The van der Waals surface area contributed by atoms with Gasteiger partial charge < -0.3 is 9.64 Å². The van der Waals surface area contributed by atoms with Gasteiger partial charge in [-0.2, -0.15) is 0 Å². The van der Waals surface area contributed by atoms with Crippen LogP contribution in [-0.2, 0) is 16.1 Å². The molecular weight excluding hydrogens is 254 g/mol. The Labute approximate surface area is 119 Å². The summed E-state index contributed by atoms with van der Waals surface area (Å²) < 4.78 is 5.36. The second kappa shape index (κ2) is 6.55. The smallest absolute Gasteiger partial charge is 0.410 e. The normalized spacial score (nSPS) is 19.2. The van der Waals surface area contributed by atoms with Crippen molar-refractivity contribution in [2.24, 2.45) is 5.92 Å². The van der Waals surface area contributed by atoms with Gasteiger partial charge in [-0.05, 0) is 11.5 Å². The van der Waals surface area contributed by atoms with Crippen molar-refractivity contribution in [1.29, 1.82) is 0 Å². The van der Waals surface area contributed by atoms with E-state index in [1.165, 1.54) is 0 Å². The lowest BCUT2D eigenvalue weighted by Gasteiger charge is -2.36. The molecule has 1 fully saturated rings. The number of rotatable bonds is 3. The maximum atomic E-state index is 12.2. The first-order valence-electron chi connectivity index (χ1n) is 7.07. The number of hydrogen-bond donors (Lipinski definition) is 0. The Kier molecular flexibility index (Phi) is 4.77. The Morgan fingerprint density at radius 3 is 2.70 bits per heavy atom. The summed E-state index contributed by atoms with van der Waals surface area (Å²) in [6.45, 7) is 4.80. The minimum atomic E-state index is -0.319. The zero-order valence-electron chi connectivity index (χ0n) is 12.0. The van der Waals surface area contributed by atoms with Crippen LogP contribution in [0, 0.1) is 5.92 Å². The van der Waals surface area contributed by atoms with E-state index >= 15 is 0 Å². The molecule has 0 aliphatic carbocycles. The molecule has 0 saturated carbocycles. The molecule has 108 valence electrons. The molecule has 1 aliphatic heterocycles. The molecule has 1 amide bonds. The quantitative estimate of drug-likeness (QED) is 0.852. The molecule has 0 unspecified atom stereocenters. The van der Waals surface area contributed by atoms with Crippen LogP contribution in [0.2, 0.25) is 0 Å². The lowest BCUT2D eigenvalue weighted by molar-refractivity contribution is -0.123. The third-order valence-electron chi connectivity index (χ3n) is 3.68. The van der Waals surface area contributed by atoms with E-state index in [2.05, 4.69) is 0 Å². The molecule has 1 aromatic rings. The maximum Gasteiger partial charge on any atom is 0.410 e. The number of amides is 1. The molecule has 0 N–H and O–H groups in total. The monoisotopic (exact) mass is 275 g/mol. The maximum absolute atomic E-state index is 12.2. The van der Waals surface area contributed by atoms with Crippen LogP contribution < -0.4 is 0 Å². The van der Waals surface area contributed by atoms with E-state index in [9.17, 15) is 9.59 Å². The molecule has 4 heteroatoms. The van der Waals surface area contributed by atoms with Crippen molar-refractivity contribution >= 4 is 11.9 Å². The summed E-state index contributed by atoms with van der Waals surface area (Å²) >= 11 is 0. The summed E-state index contributed by atoms with van der Waals surface area (Å²) in [4.78, 5) is 25.4. The highest BCUT2D eigenvalue weighted by Gasteiger charge is 2.33. The largest absolute Gasteiger partial charge is 0.445 e. The Balaban J connectivity index is 1.95. The van der Waals surface area contributed by atoms with Crippen molar-refractivity contribution in [3.8, 4) is 0 Å². The Hall–Kier alpha value is -1.84. The number of piperidine rings is 1. The number of benzene rings is 1. The summed E-state index contributed by atoms with van der Waals surface area (Å²) in [6.07, 6.45) is 0.557. The first-order valence-corrected chi connectivity index (χ1v) is 7.07. The lowest BCUT2D eigenvalue weighted by atomic mass is 9.92. The van der Waals surface area contributed by atoms with Gasteiger partial charge in [0.2, 0.25) is 0 Å². The highest BCUT2D eigenvalue weighted by molar-refractivity contribution is 5.82. The second-order valence-corrected chi connectivity index (χ2v) is 5.54. The average molecular weight is 275 g/mol. The average Bonchev–Trinajstić information content (AvgIpc) is 2.45. The molecule has 1 heterocycles. The molecule has 1 atom stereocenters. The fraction of sp³-hybridized carbons (Fsp3) is 0.500. The number of ether oxygens (including phenoxy) is 1. The summed E-state index contributed by atoms with van der Waals surface area (Å²) in [5, 5.41) is 0. The third kappa shape index (κ3) is 3.59. The molecular formula is C16H21NO3. The predicted molar refractivity (Wildman–Crippen MR) is 76.2 cm³/mol. The molecule has 0 aromatic heterocycles. The van der Waals surface area contributed by atoms with Crippen LogP contribution in [0.5, 0.6) is 0 Å². The van der Waals surface area contributed by atoms with Gasteiger partial charge in [-0.15, -0.1) is 0 Å². The lowest BCUT2D eigenvalue weighted by Crippen LogP contribution is -2.49. The van der Waals surface area contributed by atoms with Crippen LogP contribution in [-0.4, -0.2) is 29.4 Å². The minimum Gasteiger partial charge on any atom is -0.445 e. The number of hydrogen-bond acceptors (Lipinski definition) is 3. The SMILES string of the molecule is CC(C)[C@H]1CC(=O)CCN1C(=O)OCc1ccccc1. The van der Waals surface area contributed by atoms with E-state index in [1.54, 1.807) is 4.90 Å².